The summed E-state index contributed by atoms with van der Waals surface area (Å²) in [5.41, 5.74) is 0.733. The molecule has 1 unspecified atom stereocenters. The lowest BCUT2D eigenvalue weighted by Crippen LogP contribution is -2.34. The minimum atomic E-state index is -5.69. The lowest BCUT2D eigenvalue weighted by molar-refractivity contribution is -0.292. The minimum Gasteiger partial charge on any atom is -0.187 e. The van der Waals surface area contributed by atoms with E-state index in [4.69, 9.17) is 10.7 Å². The third kappa shape index (κ3) is 1.88. The molecule has 0 aliphatic heterocycles. The van der Waals surface area contributed by atoms with Crippen LogP contribution in [-0.4, -0.2) is 15.5 Å². The van der Waals surface area contributed by atoms with Gasteiger partial charge in [-0.05, 0) is 0 Å². The van der Waals surface area contributed by atoms with Gasteiger partial charge in [0.15, 0.2) is 0 Å². The van der Waals surface area contributed by atoms with Crippen LogP contribution in [0.4, 0.5) is 22.0 Å². The standard InChI is InChI=1S/C4HClF5N2S/c5-13-1-11-2(12-13)3(6,7)4(8,9)10/h1H/q+1. The second-order valence-electron chi connectivity index (χ2n) is 1.99. The molecule has 1 heterocycles. The van der Waals surface area contributed by atoms with E-state index in [-0.39, 0.29) is 0 Å². The molecular weight excluding hydrogens is 239 g/mol. The van der Waals surface area contributed by atoms with Crippen LogP contribution in [0.5, 0.6) is 0 Å². The Morgan fingerprint density at radius 3 is 2.08 bits per heavy atom. The fraction of sp³-hybridized carbons (Fsp3) is 0.500. The van der Waals surface area contributed by atoms with Gasteiger partial charge in [0.05, 0.1) is 0 Å². The number of halogens is 6. The summed E-state index contributed by atoms with van der Waals surface area (Å²) in [6.07, 6.45) is -5.69. The summed E-state index contributed by atoms with van der Waals surface area (Å²) in [6, 6.07) is 0. The number of hydrogen-bond acceptors (Lipinski definition) is 2. The van der Waals surface area contributed by atoms with E-state index in [9.17, 15) is 22.0 Å². The SMILES string of the molecule is FC(F)(F)C(F)(F)c1nc[s+](Cl)n1. The predicted molar refractivity (Wildman–Crippen MR) is 35.7 cm³/mol. The molecule has 1 aromatic rings. The number of aromatic nitrogens is 2. The van der Waals surface area contributed by atoms with Gasteiger partial charge >= 0.3 is 12.1 Å². The Hall–Kier alpha value is -0.500. The zero-order chi connectivity index (χ0) is 10.3. The third-order valence-electron chi connectivity index (χ3n) is 1.07. The maximum Gasteiger partial charge on any atom is 0.461 e. The molecule has 0 aliphatic rings. The lowest BCUT2D eigenvalue weighted by atomic mass is 10.3. The van der Waals surface area contributed by atoms with E-state index >= 15 is 0 Å². The van der Waals surface area contributed by atoms with Gasteiger partial charge in [-0.1, -0.05) is 0 Å². The van der Waals surface area contributed by atoms with Gasteiger partial charge in [0.1, 0.15) is 0 Å². The molecule has 1 aromatic heterocycles. The summed E-state index contributed by atoms with van der Waals surface area (Å²) in [5, 5.41) is 0. The minimum absolute atomic E-state index is 0.733. The summed E-state index contributed by atoms with van der Waals surface area (Å²) in [7, 11) is 3.66. The molecule has 0 amide bonds. The van der Waals surface area contributed by atoms with Gasteiger partial charge in [-0.15, -0.1) is 0 Å². The highest BCUT2D eigenvalue weighted by molar-refractivity contribution is 7.57. The molecule has 1 atom stereocenters. The van der Waals surface area contributed by atoms with Crippen molar-refractivity contribution in [1.29, 1.82) is 0 Å². The molecule has 74 valence electrons. The van der Waals surface area contributed by atoms with E-state index < -0.39 is 27.8 Å². The third-order valence-corrected chi connectivity index (χ3v) is 2.15. The molecule has 0 spiro atoms. The Morgan fingerprint density at radius 2 is 1.77 bits per heavy atom. The fourth-order valence-corrected chi connectivity index (χ4v) is 1.36. The molecule has 0 radical (unpaired) electrons. The van der Waals surface area contributed by atoms with Gasteiger partial charge in [0, 0.05) is 4.37 Å². The molecular formula is C4HClF5N2S+. The van der Waals surface area contributed by atoms with Crippen molar-refractivity contribution >= 4 is 20.6 Å². The average molecular weight is 240 g/mol. The Bertz CT molecular complexity index is 308. The zero-order valence-corrected chi connectivity index (χ0v) is 7.22. The van der Waals surface area contributed by atoms with Crippen LogP contribution in [0, 0.1) is 0 Å². The van der Waals surface area contributed by atoms with Crippen molar-refractivity contribution in [2.24, 2.45) is 0 Å². The molecule has 0 N–H and O–H groups in total. The van der Waals surface area contributed by atoms with Crippen LogP contribution in [0.3, 0.4) is 0 Å². The molecule has 0 fully saturated rings. The van der Waals surface area contributed by atoms with E-state index in [0.717, 1.165) is 5.51 Å². The van der Waals surface area contributed by atoms with Gasteiger partial charge in [-0.3, -0.25) is 0 Å². The summed E-state index contributed by atoms with van der Waals surface area (Å²) >= 11 is 0. The highest BCUT2D eigenvalue weighted by Crippen LogP contribution is 2.43. The lowest BCUT2D eigenvalue weighted by Gasteiger charge is -2.14. The molecule has 0 saturated carbocycles. The Balaban J connectivity index is 3.07. The smallest absolute Gasteiger partial charge is 0.187 e. The number of nitrogens with zero attached hydrogens (tertiary/aromatic N) is 2. The molecule has 13 heavy (non-hydrogen) atoms. The number of alkyl halides is 5. The second kappa shape index (κ2) is 3.02. The van der Waals surface area contributed by atoms with Gasteiger partial charge in [-0.2, -0.15) is 26.9 Å². The zero-order valence-electron chi connectivity index (χ0n) is 5.65. The highest BCUT2D eigenvalue weighted by Gasteiger charge is 2.62. The van der Waals surface area contributed by atoms with E-state index in [1.165, 1.54) is 0 Å². The van der Waals surface area contributed by atoms with E-state index in [0.29, 0.717) is 0 Å². The fourth-order valence-electron chi connectivity index (χ4n) is 0.488. The van der Waals surface area contributed by atoms with E-state index in [1.54, 1.807) is 0 Å². The highest BCUT2D eigenvalue weighted by atomic mass is 35.7. The van der Waals surface area contributed by atoms with Crippen LogP contribution < -0.4 is 0 Å². The molecule has 0 aliphatic carbocycles. The van der Waals surface area contributed by atoms with Gasteiger partial charge < -0.3 is 0 Å². The Labute approximate surface area is 76.0 Å². The van der Waals surface area contributed by atoms with Crippen LogP contribution in [0.15, 0.2) is 5.51 Å². The van der Waals surface area contributed by atoms with Crippen molar-refractivity contribution in [2.45, 2.75) is 12.1 Å². The van der Waals surface area contributed by atoms with Crippen molar-refractivity contribution in [3.63, 3.8) is 0 Å². The van der Waals surface area contributed by atoms with Crippen LogP contribution in [0.25, 0.3) is 0 Å². The van der Waals surface area contributed by atoms with Crippen molar-refractivity contribution in [3.05, 3.63) is 11.3 Å². The van der Waals surface area contributed by atoms with Gasteiger partial charge in [0.25, 0.3) is 11.3 Å². The number of rotatable bonds is 1. The van der Waals surface area contributed by atoms with Crippen LogP contribution >= 0.6 is 20.6 Å². The first-order valence-electron chi connectivity index (χ1n) is 2.72. The number of hydrogen-bond donors (Lipinski definition) is 0. The molecule has 0 aromatic carbocycles. The first-order valence-corrected chi connectivity index (χ1v) is 4.79. The molecule has 9 heteroatoms. The van der Waals surface area contributed by atoms with Crippen molar-refractivity contribution in [3.8, 4) is 0 Å². The van der Waals surface area contributed by atoms with Crippen LogP contribution in [0.1, 0.15) is 5.82 Å². The largest absolute Gasteiger partial charge is 0.461 e. The molecule has 0 bridgehead atoms. The predicted octanol–water partition coefficient (Wildman–Crippen LogP) is 2.88. The first kappa shape index (κ1) is 10.6. The molecule has 2 nitrogen and oxygen atoms in total. The van der Waals surface area contributed by atoms with Crippen LogP contribution in [0.2, 0.25) is 0 Å². The Kier molecular flexibility index (Phi) is 2.46. The topological polar surface area (TPSA) is 25.8 Å². The second-order valence-corrected chi connectivity index (χ2v) is 3.85. The monoisotopic (exact) mass is 239 g/mol. The average Bonchev–Trinajstić information content (AvgIpc) is 2.33. The summed E-state index contributed by atoms with van der Waals surface area (Å²) < 4.78 is 62.6. The van der Waals surface area contributed by atoms with Crippen molar-refractivity contribution < 1.29 is 22.0 Å². The van der Waals surface area contributed by atoms with Crippen molar-refractivity contribution in [2.75, 3.05) is 0 Å². The quantitative estimate of drug-likeness (QED) is 0.556. The first-order chi connectivity index (χ1) is 5.75. The van der Waals surface area contributed by atoms with E-state index in [1.807, 2.05) is 0 Å². The van der Waals surface area contributed by atoms with E-state index in [2.05, 4.69) is 9.36 Å². The molecule has 1 rings (SSSR count). The summed E-state index contributed by atoms with van der Waals surface area (Å²) in [6.45, 7) is 0. The maximum absolute atomic E-state index is 12.4. The summed E-state index contributed by atoms with van der Waals surface area (Å²) in [5.74, 6) is -6.61. The maximum atomic E-state index is 12.4. The summed E-state index contributed by atoms with van der Waals surface area (Å²) in [4.78, 5) is 2.79. The van der Waals surface area contributed by atoms with Gasteiger partial charge in [0.2, 0.25) is 20.6 Å². The van der Waals surface area contributed by atoms with Crippen LogP contribution in [-0.2, 0) is 5.92 Å². The molecule has 0 saturated heterocycles. The van der Waals surface area contributed by atoms with Gasteiger partial charge in [-0.25, -0.2) is 0 Å². The Morgan fingerprint density at radius 1 is 1.23 bits per heavy atom. The van der Waals surface area contributed by atoms with Crippen molar-refractivity contribution in [1.82, 2.24) is 9.36 Å². The normalized spacial score (nSPS) is 14.8.